The Bertz CT molecular complexity index is 346. The Kier molecular flexibility index (Phi) is 3.87. The molecule has 0 unspecified atom stereocenters. The van der Waals surface area contributed by atoms with Gasteiger partial charge in [0, 0.05) is 29.5 Å². The minimum atomic E-state index is 0.171. The highest BCUT2D eigenvalue weighted by Gasteiger charge is 2.35. The third-order valence-corrected chi connectivity index (χ3v) is 4.46. The number of hydrogen-bond acceptors (Lipinski definition) is 2. The molecule has 1 aromatic carbocycles. The van der Waals surface area contributed by atoms with Crippen LogP contribution in [0, 0.1) is 0 Å². The minimum absolute atomic E-state index is 0.171. The van der Waals surface area contributed by atoms with Gasteiger partial charge in [0.2, 0.25) is 0 Å². The summed E-state index contributed by atoms with van der Waals surface area (Å²) < 4.78 is 10.9. The normalized spacial score (nSPS) is 19.4. The summed E-state index contributed by atoms with van der Waals surface area (Å²) in [5, 5.41) is 0.962. The van der Waals surface area contributed by atoms with Gasteiger partial charge >= 0.3 is 0 Å². The van der Waals surface area contributed by atoms with Crippen LogP contribution in [0.1, 0.15) is 18.4 Å². The first-order valence-corrected chi connectivity index (χ1v) is 6.72. The van der Waals surface area contributed by atoms with Crippen molar-refractivity contribution < 1.29 is 9.47 Å². The van der Waals surface area contributed by atoms with E-state index in [2.05, 4.69) is 28.1 Å². The van der Waals surface area contributed by atoms with Crippen molar-refractivity contribution in [2.45, 2.75) is 18.3 Å². The number of benzene rings is 1. The Morgan fingerprint density at radius 1 is 1.31 bits per heavy atom. The van der Waals surface area contributed by atoms with Crippen LogP contribution in [0.3, 0.4) is 0 Å². The van der Waals surface area contributed by atoms with Crippen LogP contribution in [0.15, 0.2) is 24.3 Å². The van der Waals surface area contributed by atoms with Crippen molar-refractivity contribution in [2.24, 2.45) is 0 Å². The second-order valence-electron chi connectivity index (χ2n) is 4.23. The van der Waals surface area contributed by atoms with Crippen molar-refractivity contribution in [2.75, 3.05) is 25.7 Å². The van der Waals surface area contributed by atoms with Crippen LogP contribution in [0.25, 0.3) is 0 Å². The van der Waals surface area contributed by atoms with Crippen molar-refractivity contribution in [1.29, 1.82) is 0 Å². The molecule has 0 spiro atoms. The number of alkyl halides is 1. The molecule has 1 aromatic rings. The molecule has 16 heavy (non-hydrogen) atoms. The molecule has 0 aliphatic carbocycles. The Hall–Kier alpha value is -0.540. The van der Waals surface area contributed by atoms with E-state index in [1.807, 2.05) is 12.1 Å². The van der Waals surface area contributed by atoms with E-state index in [4.69, 9.17) is 9.47 Å². The molecule has 88 valence electrons. The molecule has 0 radical (unpaired) electrons. The van der Waals surface area contributed by atoms with Crippen molar-refractivity contribution in [1.82, 2.24) is 0 Å². The maximum atomic E-state index is 5.46. The molecule has 1 saturated heterocycles. The molecule has 2 rings (SSSR count). The van der Waals surface area contributed by atoms with Crippen LogP contribution >= 0.6 is 15.9 Å². The van der Waals surface area contributed by atoms with Gasteiger partial charge in [-0.1, -0.05) is 34.1 Å². The molecule has 2 nitrogen and oxygen atoms in total. The fourth-order valence-corrected chi connectivity index (χ4v) is 3.18. The van der Waals surface area contributed by atoms with Crippen molar-refractivity contribution in [3.05, 3.63) is 29.8 Å². The zero-order chi connectivity index (χ0) is 11.4. The molecule has 1 aliphatic heterocycles. The number of ether oxygens (including phenoxy) is 2. The summed E-state index contributed by atoms with van der Waals surface area (Å²) in [5.74, 6) is 0.990. The third kappa shape index (κ3) is 2.11. The second kappa shape index (κ2) is 5.19. The van der Waals surface area contributed by atoms with Gasteiger partial charge in [-0.15, -0.1) is 0 Å². The number of para-hydroxylation sites is 1. The van der Waals surface area contributed by atoms with E-state index in [1.54, 1.807) is 7.11 Å². The fourth-order valence-electron chi connectivity index (χ4n) is 2.32. The summed E-state index contributed by atoms with van der Waals surface area (Å²) in [7, 11) is 1.74. The summed E-state index contributed by atoms with van der Waals surface area (Å²) in [6.07, 6.45) is 2.11. The maximum absolute atomic E-state index is 5.46. The first-order valence-electron chi connectivity index (χ1n) is 5.59. The predicted octanol–water partition coefficient (Wildman–Crippen LogP) is 3.14. The lowest BCUT2D eigenvalue weighted by Crippen LogP contribution is -2.35. The molecular formula is C13H17BrO2. The van der Waals surface area contributed by atoms with E-state index in [9.17, 15) is 0 Å². The van der Waals surface area contributed by atoms with Crippen LogP contribution in [-0.4, -0.2) is 25.7 Å². The molecule has 3 heteroatoms. The summed E-state index contributed by atoms with van der Waals surface area (Å²) in [6.45, 7) is 1.67. The lowest BCUT2D eigenvalue weighted by molar-refractivity contribution is 0.0576. The topological polar surface area (TPSA) is 18.5 Å². The standard InChI is InChI=1S/C13H17BrO2/c1-15-12-5-3-2-4-11(12)13(10-14)6-8-16-9-7-13/h2-5H,6-10H2,1H3. The Labute approximate surface area is 105 Å². The van der Waals surface area contributed by atoms with Gasteiger partial charge in [-0.05, 0) is 18.9 Å². The maximum Gasteiger partial charge on any atom is 0.122 e. The molecule has 1 fully saturated rings. The Morgan fingerprint density at radius 3 is 2.62 bits per heavy atom. The fraction of sp³-hybridized carbons (Fsp3) is 0.538. The molecule has 0 atom stereocenters. The van der Waals surface area contributed by atoms with Gasteiger partial charge in [-0.2, -0.15) is 0 Å². The lowest BCUT2D eigenvalue weighted by atomic mass is 9.75. The number of halogens is 1. The van der Waals surface area contributed by atoms with E-state index >= 15 is 0 Å². The van der Waals surface area contributed by atoms with Gasteiger partial charge in [0.15, 0.2) is 0 Å². The first kappa shape index (κ1) is 11.9. The van der Waals surface area contributed by atoms with Crippen molar-refractivity contribution in [3.63, 3.8) is 0 Å². The first-order chi connectivity index (χ1) is 7.82. The largest absolute Gasteiger partial charge is 0.496 e. The highest BCUT2D eigenvalue weighted by molar-refractivity contribution is 9.09. The van der Waals surface area contributed by atoms with Gasteiger partial charge in [0.1, 0.15) is 5.75 Å². The van der Waals surface area contributed by atoms with Crippen molar-refractivity contribution >= 4 is 15.9 Å². The minimum Gasteiger partial charge on any atom is -0.496 e. The van der Waals surface area contributed by atoms with Crippen LogP contribution in [0.2, 0.25) is 0 Å². The van der Waals surface area contributed by atoms with Crippen LogP contribution in [0.4, 0.5) is 0 Å². The lowest BCUT2D eigenvalue weighted by Gasteiger charge is -2.37. The van der Waals surface area contributed by atoms with Gasteiger partial charge in [-0.3, -0.25) is 0 Å². The summed E-state index contributed by atoms with van der Waals surface area (Å²) in [5.41, 5.74) is 1.47. The van der Waals surface area contributed by atoms with Gasteiger partial charge in [-0.25, -0.2) is 0 Å². The Morgan fingerprint density at radius 2 is 2.00 bits per heavy atom. The van der Waals surface area contributed by atoms with E-state index in [1.165, 1.54) is 5.56 Å². The van der Waals surface area contributed by atoms with Gasteiger partial charge < -0.3 is 9.47 Å². The molecular weight excluding hydrogens is 268 g/mol. The molecule has 0 N–H and O–H groups in total. The molecule has 1 aliphatic rings. The predicted molar refractivity (Wildman–Crippen MR) is 68.5 cm³/mol. The molecule has 0 saturated carbocycles. The van der Waals surface area contributed by atoms with E-state index < -0.39 is 0 Å². The Balaban J connectivity index is 2.38. The number of hydrogen-bond donors (Lipinski definition) is 0. The zero-order valence-electron chi connectivity index (χ0n) is 9.54. The molecule has 0 aromatic heterocycles. The van der Waals surface area contributed by atoms with Gasteiger partial charge in [0.05, 0.1) is 7.11 Å². The third-order valence-electron chi connectivity index (χ3n) is 3.38. The van der Waals surface area contributed by atoms with Crippen molar-refractivity contribution in [3.8, 4) is 5.75 Å². The van der Waals surface area contributed by atoms with Crippen LogP contribution < -0.4 is 4.74 Å². The van der Waals surface area contributed by atoms with Crippen LogP contribution in [0.5, 0.6) is 5.75 Å². The highest BCUT2D eigenvalue weighted by Crippen LogP contribution is 2.40. The zero-order valence-corrected chi connectivity index (χ0v) is 11.1. The molecule has 0 amide bonds. The van der Waals surface area contributed by atoms with Gasteiger partial charge in [0.25, 0.3) is 0 Å². The molecule has 1 heterocycles. The smallest absolute Gasteiger partial charge is 0.122 e. The van der Waals surface area contributed by atoms with E-state index in [0.717, 1.165) is 37.1 Å². The van der Waals surface area contributed by atoms with E-state index in [-0.39, 0.29) is 5.41 Å². The monoisotopic (exact) mass is 284 g/mol. The summed E-state index contributed by atoms with van der Waals surface area (Å²) >= 11 is 3.66. The average Bonchev–Trinajstić information content (AvgIpc) is 2.39. The average molecular weight is 285 g/mol. The SMILES string of the molecule is COc1ccccc1C1(CBr)CCOCC1. The second-order valence-corrected chi connectivity index (χ2v) is 4.79. The number of methoxy groups -OCH3 is 1. The van der Waals surface area contributed by atoms with Crippen LogP contribution in [-0.2, 0) is 10.2 Å². The molecule has 0 bridgehead atoms. The highest BCUT2D eigenvalue weighted by atomic mass is 79.9. The summed E-state index contributed by atoms with van der Waals surface area (Å²) in [6, 6.07) is 8.31. The quantitative estimate of drug-likeness (QED) is 0.794. The number of rotatable bonds is 3. The summed E-state index contributed by atoms with van der Waals surface area (Å²) in [4.78, 5) is 0. The van der Waals surface area contributed by atoms with E-state index in [0.29, 0.717) is 0 Å².